The third kappa shape index (κ3) is 4.45. The Bertz CT molecular complexity index is 1170. The maximum Gasteiger partial charge on any atom is 0.269 e. The van der Waals surface area contributed by atoms with Crippen molar-refractivity contribution in [3.63, 3.8) is 0 Å². The molecule has 2 aliphatic rings. The second kappa shape index (κ2) is 8.90. The van der Waals surface area contributed by atoms with Crippen molar-refractivity contribution in [2.45, 2.75) is 49.6 Å². The first-order chi connectivity index (χ1) is 16.0. The van der Waals surface area contributed by atoms with Gasteiger partial charge in [-0.2, -0.15) is 0 Å². The Hall–Kier alpha value is -3.33. The molecule has 0 bridgehead atoms. The number of benzene rings is 2. The summed E-state index contributed by atoms with van der Waals surface area (Å²) in [4.78, 5) is 19.5. The van der Waals surface area contributed by atoms with Crippen LogP contribution in [0.2, 0.25) is 0 Å². The zero-order valence-corrected chi connectivity index (χ0v) is 19.0. The van der Waals surface area contributed by atoms with Crippen LogP contribution in [0.4, 0.5) is 17.5 Å². The summed E-state index contributed by atoms with van der Waals surface area (Å²) in [5.41, 5.74) is 2.91. The highest BCUT2D eigenvalue weighted by Crippen LogP contribution is 2.40. The standard InChI is InChI=1S/C24H26N6O2S/c31-30(32)20-12-10-17(11-13-20)14-24(33)21-22(25-16-26-24)29(15-18-6-2-1-3-7-18)23(28-21)27-19-8-4-5-9-19/h1-3,6-7,10-13,16,19,33H,4-5,8-9,14-15H2,(H,25,26)(H,27,28). The maximum atomic E-state index is 11.0. The van der Waals surface area contributed by atoms with Crippen LogP contribution >= 0.6 is 12.6 Å². The summed E-state index contributed by atoms with van der Waals surface area (Å²) in [5.74, 6) is 1.58. The molecule has 1 aliphatic carbocycles. The summed E-state index contributed by atoms with van der Waals surface area (Å²) < 4.78 is 2.13. The minimum Gasteiger partial charge on any atom is -0.356 e. The summed E-state index contributed by atoms with van der Waals surface area (Å²) >= 11 is 5.00. The number of nitro benzene ring substituents is 1. The normalized spacial score (nSPS) is 19.8. The summed E-state index contributed by atoms with van der Waals surface area (Å²) in [6.07, 6.45) is 6.90. The fourth-order valence-electron chi connectivity index (χ4n) is 4.57. The zero-order chi connectivity index (χ0) is 22.8. The van der Waals surface area contributed by atoms with Crippen molar-refractivity contribution in [2.75, 3.05) is 5.32 Å². The molecule has 0 saturated heterocycles. The maximum absolute atomic E-state index is 11.0. The Balaban J connectivity index is 1.50. The van der Waals surface area contributed by atoms with Crippen LogP contribution in [0.3, 0.4) is 0 Å². The molecule has 9 heteroatoms. The van der Waals surface area contributed by atoms with E-state index in [1.165, 1.54) is 30.5 Å². The van der Waals surface area contributed by atoms with Gasteiger partial charge in [0.25, 0.3) is 5.69 Å². The molecule has 8 nitrogen and oxygen atoms in total. The largest absolute Gasteiger partial charge is 0.356 e. The molecular formula is C24H26N6O2S. The Kier molecular flexibility index (Phi) is 5.80. The second-order valence-electron chi connectivity index (χ2n) is 8.67. The third-order valence-electron chi connectivity index (χ3n) is 6.30. The van der Waals surface area contributed by atoms with Gasteiger partial charge in [0.05, 0.1) is 17.8 Å². The topological polar surface area (TPSA) is 97.4 Å². The number of imidazole rings is 1. The van der Waals surface area contributed by atoms with Crippen LogP contribution in [0, 0.1) is 10.1 Å². The quantitative estimate of drug-likeness (QED) is 0.267. The Labute approximate surface area is 197 Å². The first kappa shape index (κ1) is 21.5. The van der Waals surface area contributed by atoms with Gasteiger partial charge in [-0.25, -0.2) is 9.98 Å². The van der Waals surface area contributed by atoms with Crippen molar-refractivity contribution < 1.29 is 4.92 Å². The van der Waals surface area contributed by atoms with Gasteiger partial charge < -0.3 is 10.6 Å². The van der Waals surface area contributed by atoms with Gasteiger partial charge in [0.2, 0.25) is 5.95 Å². The monoisotopic (exact) mass is 462 g/mol. The van der Waals surface area contributed by atoms with Crippen molar-refractivity contribution in [3.8, 4) is 0 Å². The Morgan fingerprint density at radius 1 is 1.12 bits per heavy atom. The van der Waals surface area contributed by atoms with E-state index >= 15 is 0 Å². The predicted molar refractivity (Wildman–Crippen MR) is 132 cm³/mol. The van der Waals surface area contributed by atoms with Crippen LogP contribution < -0.4 is 10.6 Å². The van der Waals surface area contributed by atoms with Gasteiger partial charge in [-0.3, -0.25) is 14.7 Å². The number of thiol groups is 1. The Morgan fingerprint density at radius 2 is 1.85 bits per heavy atom. The first-order valence-electron chi connectivity index (χ1n) is 11.2. The molecule has 1 unspecified atom stereocenters. The minimum atomic E-state index is -0.790. The van der Waals surface area contributed by atoms with Crippen LogP contribution in [-0.2, 0) is 17.8 Å². The number of hydrogen-bond donors (Lipinski definition) is 3. The molecule has 3 aromatic rings. The number of nitrogens with one attached hydrogen (secondary N) is 2. The summed E-state index contributed by atoms with van der Waals surface area (Å²) in [7, 11) is 0. The molecule has 0 spiro atoms. The van der Waals surface area contributed by atoms with E-state index in [1.54, 1.807) is 18.5 Å². The number of aliphatic imine (C=N–C) groups is 1. The van der Waals surface area contributed by atoms with Gasteiger partial charge in [0, 0.05) is 24.6 Å². The van der Waals surface area contributed by atoms with E-state index in [1.807, 2.05) is 18.2 Å². The molecule has 1 atom stereocenters. The lowest BCUT2D eigenvalue weighted by Gasteiger charge is -2.30. The molecule has 170 valence electrons. The molecule has 33 heavy (non-hydrogen) atoms. The highest BCUT2D eigenvalue weighted by atomic mass is 32.1. The first-order valence-corrected chi connectivity index (χ1v) is 11.6. The highest BCUT2D eigenvalue weighted by molar-refractivity contribution is 7.81. The molecule has 0 radical (unpaired) electrons. The molecule has 2 N–H and O–H groups in total. The fraction of sp³-hybridized carbons (Fsp3) is 0.333. The smallest absolute Gasteiger partial charge is 0.269 e. The van der Waals surface area contributed by atoms with Gasteiger partial charge in [-0.15, -0.1) is 12.6 Å². The number of aromatic nitrogens is 2. The van der Waals surface area contributed by atoms with Crippen LogP contribution in [-0.4, -0.2) is 26.9 Å². The average Bonchev–Trinajstić information content (AvgIpc) is 3.45. The number of fused-ring (bicyclic) bond motifs is 1. The summed E-state index contributed by atoms with van der Waals surface area (Å²) in [5, 5.41) is 17.9. The Morgan fingerprint density at radius 3 is 2.55 bits per heavy atom. The van der Waals surface area contributed by atoms with Crippen molar-refractivity contribution in [2.24, 2.45) is 4.99 Å². The second-order valence-corrected chi connectivity index (χ2v) is 9.43. The lowest BCUT2D eigenvalue weighted by molar-refractivity contribution is -0.384. The molecular weight excluding hydrogens is 436 g/mol. The number of anilines is 1. The van der Waals surface area contributed by atoms with E-state index in [-0.39, 0.29) is 5.69 Å². The molecule has 1 fully saturated rings. The molecule has 2 heterocycles. The van der Waals surface area contributed by atoms with Crippen molar-refractivity contribution in [1.82, 2.24) is 14.9 Å². The van der Waals surface area contributed by atoms with Gasteiger partial charge in [0.1, 0.15) is 10.6 Å². The van der Waals surface area contributed by atoms with Gasteiger partial charge in [-0.1, -0.05) is 55.3 Å². The van der Waals surface area contributed by atoms with E-state index in [4.69, 9.17) is 17.6 Å². The van der Waals surface area contributed by atoms with E-state index < -0.39 is 9.79 Å². The van der Waals surface area contributed by atoms with Crippen molar-refractivity contribution >= 4 is 36.4 Å². The summed E-state index contributed by atoms with van der Waals surface area (Å²) in [6.45, 7) is 0.650. The van der Waals surface area contributed by atoms with E-state index in [9.17, 15) is 10.1 Å². The van der Waals surface area contributed by atoms with Gasteiger partial charge in [0.15, 0.2) is 5.82 Å². The van der Waals surface area contributed by atoms with E-state index in [0.29, 0.717) is 19.0 Å². The third-order valence-corrected chi connectivity index (χ3v) is 6.80. The van der Waals surface area contributed by atoms with Crippen molar-refractivity contribution in [3.05, 3.63) is 81.5 Å². The highest BCUT2D eigenvalue weighted by Gasteiger charge is 2.38. The fourth-order valence-corrected chi connectivity index (χ4v) is 4.96. The van der Waals surface area contributed by atoms with Crippen LogP contribution in [0.1, 0.15) is 42.5 Å². The number of nitro groups is 1. The van der Waals surface area contributed by atoms with Gasteiger partial charge >= 0.3 is 0 Å². The summed E-state index contributed by atoms with van der Waals surface area (Å²) in [6, 6.07) is 17.2. The van der Waals surface area contributed by atoms with Gasteiger partial charge in [-0.05, 0) is 24.0 Å². The molecule has 5 rings (SSSR count). The average molecular weight is 463 g/mol. The number of rotatable bonds is 7. The SMILES string of the molecule is O=[N+]([O-])c1ccc(CC2(S)NC=Nc3c2nc(NC2CCCC2)n3Cc2ccccc2)cc1. The lowest BCUT2D eigenvalue weighted by atomic mass is 10.0. The van der Waals surface area contributed by atoms with E-state index in [2.05, 4.69) is 32.3 Å². The number of hydrogen-bond acceptors (Lipinski definition) is 7. The van der Waals surface area contributed by atoms with Crippen LogP contribution in [0.25, 0.3) is 0 Å². The molecule has 1 aliphatic heterocycles. The number of nitrogens with zero attached hydrogens (tertiary/aromatic N) is 4. The molecule has 0 amide bonds. The molecule has 2 aromatic carbocycles. The van der Waals surface area contributed by atoms with E-state index in [0.717, 1.165) is 35.9 Å². The number of non-ortho nitro benzene ring substituents is 1. The van der Waals surface area contributed by atoms with Crippen LogP contribution in [0.15, 0.2) is 59.6 Å². The minimum absolute atomic E-state index is 0.0704. The lowest BCUT2D eigenvalue weighted by Crippen LogP contribution is -2.41. The predicted octanol–water partition coefficient (Wildman–Crippen LogP) is 4.78. The van der Waals surface area contributed by atoms with Crippen molar-refractivity contribution in [1.29, 1.82) is 0 Å². The zero-order valence-electron chi connectivity index (χ0n) is 18.1. The molecule has 1 saturated carbocycles. The molecule has 1 aromatic heterocycles. The van der Waals surface area contributed by atoms with Crippen LogP contribution in [0.5, 0.6) is 0 Å².